The van der Waals surface area contributed by atoms with Crippen LogP contribution in [0.2, 0.25) is 0 Å². The van der Waals surface area contributed by atoms with Crippen LogP contribution in [-0.2, 0) is 13.9 Å². The zero-order valence-corrected chi connectivity index (χ0v) is 17.7. The Balaban J connectivity index is 2.01. The third kappa shape index (κ3) is 2.86. The predicted octanol–water partition coefficient (Wildman–Crippen LogP) is 5.75. The molecule has 0 amide bonds. The van der Waals surface area contributed by atoms with Crippen LogP contribution >= 0.6 is 0 Å². The Kier molecular flexibility index (Phi) is 5.49. The van der Waals surface area contributed by atoms with E-state index in [4.69, 9.17) is 8.85 Å². The van der Waals surface area contributed by atoms with Crippen molar-refractivity contribution in [2.75, 3.05) is 14.2 Å². The Hall–Kier alpha value is -2.20. The normalized spacial score (nSPS) is 20.6. The lowest BCUT2D eigenvalue weighted by Gasteiger charge is -2.53. The molecule has 0 aliphatic carbocycles. The van der Waals surface area contributed by atoms with Crippen LogP contribution in [0.4, 0.5) is 0 Å². The van der Waals surface area contributed by atoms with Crippen molar-refractivity contribution < 1.29 is 8.85 Å². The second-order valence-corrected chi connectivity index (χ2v) is 11.3. The van der Waals surface area contributed by atoms with Gasteiger partial charge in [0.2, 0.25) is 0 Å². The molecule has 1 unspecified atom stereocenters. The van der Waals surface area contributed by atoms with Crippen molar-refractivity contribution in [3.8, 4) is 0 Å². The zero-order chi connectivity index (χ0) is 19.5. The molecule has 144 valence electrons. The smallest absolute Gasteiger partial charge is 0.360 e. The van der Waals surface area contributed by atoms with E-state index in [1.54, 1.807) is 0 Å². The van der Waals surface area contributed by atoms with Gasteiger partial charge in [0, 0.05) is 19.8 Å². The molecule has 0 aromatic heterocycles. The van der Waals surface area contributed by atoms with E-state index in [1.807, 2.05) is 14.2 Å². The monoisotopic (exact) mass is 388 g/mol. The van der Waals surface area contributed by atoms with Crippen LogP contribution in [0, 0.1) is 0 Å². The SMILES string of the molecule is CO[Si]1(OC)C(c2ccccc2)CCCC1(c1ccccc1)c1ccccc1. The molecule has 1 atom stereocenters. The first-order valence-electron chi connectivity index (χ1n) is 10.0. The Bertz CT molecular complexity index is 837. The highest BCUT2D eigenvalue weighted by Gasteiger charge is 2.64. The summed E-state index contributed by atoms with van der Waals surface area (Å²) in [7, 11) is 0.955. The first kappa shape index (κ1) is 19.1. The van der Waals surface area contributed by atoms with E-state index in [2.05, 4.69) is 91.0 Å². The Morgan fingerprint density at radius 2 is 1.18 bits per heavy atom. The van der Waals surface area contributed by atoms with Gasteiger partial charge in [-0.3, -0.25) is 0 Å². The maximum Gasteiger partial charge on any atom is 0.360 e. The molecule has 0 bridgehead atoms. The first-order valence-corrected chi connectivity index (χ1v) is 11.9. The first-order chi connectivity index (χ1) is 13.8. The molecular formula is C25H28O2Si. The van der Waals surface area contributed by atoms with Gasteiger partial charge in [-0.15, -0.1) is 0 Å². The van der Waals surface area contributed by atoms with Crippen LogP contribution in [0.1, 0.15) is 41.5 Å². The molecule has 28 heavy (non-hydrogen) atoms. The minimum Gasteiger partial charge on any atom is -0.397 e. The fraction of sp³-hybridized carbons (Fsp3) is 0.280. The fourth-order valence-electron chi connectivity index (χ4n) is 5.32. The van der Waals surface area contributed by atoms with Crippen LogP contribution in [0.25, 0.3) is 0 Å². The molecule has 1 aliphatic rings. The zero-order valence-electron chi connectivity index (χ0n) is 16.7. The lowest BCUT2D eigenvalue weighted by Crippen LogP contribution is -2.66. The van der Waals surface area contributed by atoms with Crippen molar-refractivity contribution in [3.63, 3.8) is 0 Å². The summed E-state index contributed by atoms with van der Waals surface area (Å²) in [5.41, 5.74) is 4.21. The molecule has 3 aromatic rings. The topological polar surface area (TPSA) is 18.5 Å². The summed E-state index contributed by atoms with van der Waals surface area (Å²) in [6, 6.07) is 32.5. The summed E-state index contributed by atoms with van der Waals surface area (Å²) in [5.74, 6) is 0. The molecule has 0 spiro atoms. The number of hydrogen-bond acceptors (Lipinski definition) is 2. The van der Waals surface area contributed by atoms with E-state index in [1.165, 1.54) is 16.7 Å². The van der Waals surface area contributed by atoms with Crippen molar-refractivity contribution >= 4 is 8.56 Å². The molecule has 1 aliphatic heterocycles. The van der Waals surface area contributed by atoms with Crippen LogP contribution in [0.5, 0.6) is 0 Å². The molecule has 3 heteroatoms. The summed E-state index contributed by atoms with van der Waals surface area (Å²) in [5, 5.41) is -0.252. The van der Waals surface area contributed by atoms with Crippen molar-refractivity contribution in [2.45, 2.75) is 29.8 Å². The van der Waals surface area contributed by atoms with Crippen LogP contribution < -0.4 is 0 Å². The summed E-state index contributed by atoms with van der Waals surface area (Å²) < 4.78 is 13.1. The summed E-state index contributed by atoms with van der Waals surface area (Å²) in [6.45, 7) is 0. The minimum absolute atomic E-state index is 0.252. The lowest BCUT2D eigenvalue weighted by molar-refractivity contribution is 0.181. The molecule has 0 radical (unpaired) electrons. The van der Waals surface area contributed by atoms with E-state index >= 15 is 0 Å². The average Bonchev–Trinajstić information content (AvgIpc) is 2.80. The molecule has 1 heterocycles. The van der Waals surface area contributed by atoms with Crippen molar-refractivity contribution in [1.82, 2.24) is 0 Å². The minimum atomic E-state index is -2.76. The molecular weight excluding hydrogens is 360 g/mol. The third-order valence-electron chi connectivity index (χ3n) is 6.44. The Labute approximate surface area is 169 Å². The van der Waals surface area contributed by atoms with Crippen LogP contribution in [0.15, 0.2) is 91.0 Å². The summed E-state index contributed by atoms with van der Waals surface area (Å²) in [6.07, 6.45) is 3.28. The number of rotatable bonds is 5. The highest BCUT2D eigenvalue weighted by Crippen LogP contribution is 2.55. The molecule has 0 saturated carbocycles. The van der Waals surface area contributed by atoms with Crippen molar-refractivity contribution in [1.29, 1.82) is 0 Å². The fourth-order valence-corrected chi connectivity index (χ4v) is 10.2. The van der Waals surface area contributed by atoms with Gasteiger partial charge in [0.05, 0.1) is 5.04 Å². The van der Waals surface area contributed by atoms with Gasteiger partial charge in [0.25, 0.3) is 0 Å². The average molecular weight is 389 g/mol. The quantitative estimate of drug-likeness (QED) is 0.518. The predicted molar refractivity (Wildman–Crippen MR) is 116 cm³/mol. The number of benzene rings is 3. The van der Waals surface area contributed by atoms with Gasteiger partial charge in [-0.2, -0.15) is 0 Å². The van der Waals surface area contributed by atoms with Gasteiger partial charge < -0.3 is 8.85 Å². The van der Waals surface area contributed by atoms with E-state index < -0.39 is 8.56 Å². The lowest BCUT2D eigenvalue weighted by atomic mass is 9.84. The van der Waals surface area contributed by atoms with E-state index in [0.29, 0.717) is 0 Å². The largest absolute Gasteiger partial charge is 0.397 e. The van der Waals surface area contributed by atoms with Gasteiger partial charge in [0.15, 0.2) is 0 Å². The molecule has 1 saturated heterocycles. The highest BCUT2D eigenvalue weighted by atomic mass is 28.4. The van der Waals surface area contributed by atoms with E-state index in [-0.39, 0.29) is 10.6 Å². The summed E-state index contributed by atoms with van der Waals surface area (Å²) >= 11 is 0. The van der Waals surface area contributed by atoms with Crippen LogP contribution in [0.3, 0.4) is 0 Å². The standard InChI is InChI=1S/C25H28O2Si/c1-26-28(27-2)24(21-13-6-3-7-14-21)19-12-20-25(28,22-15-8-4-9-16-22)23-17-10-5-11-18-23/h3-11,13-18,24H,12,19-20H2,1-2H3. The van der Waals surface area contributed by atoms with Crippen molar-refractivity contribution in [3.05, 3.63) is 108 Å². The highest BCUT2D eigenvalue weighted by molar-refractivity contribution is 6.73. The molecule has 3 aromatic carbocycles. The van der Waals surface area contributed by atoms with Gasteiger partial charge in [-0.05, 0) is 29.5 Å². The molecule has 4 rings (SSSR count). The second-order valence-electron chi connectivity index (χ2n) is 7.57. The third-order valence-corrected chi connectivity index (χ3v) is 11.2. The van der Waals surface area contributed by atoms with E-state index in [0.717, 1.165) is 19.3 Å². The molecule has 2 nitrogen and oxygen atoms in total. The van der Waals surface area contributed by atoms with Crippen LogP contribution in [-0.4, -0.2) is 22.8 Å². The Morgan fingerprint density at radius 3 is 1.64 bits per heavy atom. The van der Waals surface area contributed by atoms with Gasteiger partial charge in [-0.25, -0.2) is 0 Å². The second kappa shape index (κ2) is 8.04. The molecule has 1 fully saturated rings. The van der Waals surface area contributed by atoms with Crippen molar-refractivity contribution in [2.24, 2.45) is 0 Å². The maximum absolute atomic E-state index is 6.54. The van der Waals surface area contributed by atoms with E-state index in [9.17, 15) is 0 Å². The van der Waals surface area contributed by atoms with Gasteiger partial charge in [-0.1, -0.05) is 97.4 Å². The Morgan fingerprint density at radius 1 is 0.714 bits per heavy atom. The summed E-state index contributed by atoms with van der Waals surface area (Å²) in [4.78, 5) is 0. The molecule has 0 N–H and O–H groups in total. The van der Waals surface area contributed by atoms with Gasteiger partial charge >= 0.3 is 8.56 Å². The van der Waals surface area contributed by atoms with Gasteiger partial charge in [0.1, 0.15) is 0 Å². The number of hydrogen-bond donors (Lipinski definition) is 0. The maximum atomic E-state index is 6.54.